The minimum absolute atomic E-state index is 0.0691. The fourth-order valence-corrected chi connectivity index (χ4v) is 9.99. The van der Waals surface area contributed by atoms with Crippen LogP contribution in [-0.4, -0.2) is 58.1 Å². The highest BCUT2D eigenvalue weighted by Gasteiger charge is 2.38. The molecule has 1 rings (SSSR count). The largest absolute Gasteiger partial charge is 0.462 e. The van der Waals surface area contributed by atoms with Gasteiger partial charge in [-0.25, -0.2) is 0 Å². The van der Waals surface area contributed by atoms with E-state index in [0.29, 0.717) is 38.0 Å². The molecule has 406 valence electrons. The van der Waals surface area contributed by atoms with Crippen molar-refractivity contribution in [1.29, 1.82) is 0 Å². The second-order valence-corrected chi connectivity index (χ2v) is 27.7. The van der Waals surface area contributed by atoms with E-state index in [2.05, 4.69) is 74.6 Å². The van der Waals surface area contributed by atoms with Gasteiger partial charge in [-0.3, -0.25) is 19.2 Å². The summed E-state index contributed by atoms with van der Waals surface area (Å²) < 4.78 is 29.4. The molecule has 0 unspecified atom stereocenters. The molecule has 0 bridgehead atoms. The fraction of sp³-hybridized carbons (Fsp3) is 0.833. The summed E-state index contributed by atoms with van der Waals surface area (Å²) in [6, 6.07) is 4.07. The van der Waals surface area contributed by atoms with Crippen LogP contribution >= 0.6 is 0 Å². The zero-order valence-electron chi connectivity index (χ0n) is 47.4. The lowest BCUT2D eigenvalue weighted by molar-refractivity contribution is -0.167. The van der Waals surface area contributed by atoms with Crippen LogP contribution in [0.15, 0.2) is 12.1 Å². The molecule has 0 N–H and O–H groups in total. The molecule has 0 aliphatic rings. The lowest BCUT2D eigenvalue weighted by atomic mass is 9.78. The topological polar surface area (TPSA) is 114 Å². The molecule has 0 atom stereocenters. The van der Waals surface area contributed by atoms with Crippen molar-refractivity contribution in [3.63, 3.8) is 0 Å². The van der Waals surface area contributed by atoms with Crippen LogP contribution in [0, 0.1) is 13.8 Å². The Hall–Kier alpha value is -2.72. The molecule has 1 aromatic carbocycles. The van der Waals surface area contributed by atoms with Crippen molar-refractivity contribution in [3.8, 4) is 5.75 Å². The normalized spacial score (nSPS) is 12.1. The minimum Gasteiger partial charge on any atom is -0.462 e. The molecule has 0 heterocycles. The lowest BCUT2D eigenvalue weighted by Gasteiger charge is -2.37. The highest BCUT2D eigenvalue weighted by molar-refractivity contribution is 6.74. The monoisotopic (exact) mass is 1000 g/mol. The van der Waals surface area contributed by atoms with E-state index < -0.39 is 20.4 Å². The zero-order chi connectivity index (χ0) is 52.1. The summed E-state index contributed by atoms with van der Waals surface area (Å²) in [5, 5.41) is 0.121. The van der Waals surface area contributed by atoms with E-state index in [-0.39, 0.29) is 54.4 Å². The first-order chi connectivity index (χ1) is 33.3. The summed E-state index contributed by atoms with van der Waals surface area (Å²) in [5.41, 5.74) is 2.81. The van der Waals surface area contributed by atoms with E-state index in [1.54, 1.807) is 0 Å². The molecule has 10 heteroatoms. The van der Waals surface area contributed by atoms with E-state index in [1.165, 1.54) is 128 Å². The number of carbonyl (C=O) groups is 4. The molecule has 0 aromatic heterocycles. The number of benzene rings is 1. The number of carbonyl (C=O) groups excluding carboxylic acids is 4. The highest BCUT2D eigenvalue weighted by atomic mass is 28.4. The van der Waals surface area contributed by atoms with Gasteiger partial charge in [-0.05, 0) is 86.7 Å². The summed E-state index contributed by atoms with van der Waals surface area (Å²) in [6.45, 7) is 24.5. The molecule has 70 heavy (non-hydrogen) atoms. The van der Waals surface area contributed by atoms with E-state index in [9.17, 15) is 19.2 Å². The maximum absolute atomic E-state index is 13.3. The number of hydrogen-bond donors (Lipinski definition) is 0. The second-order valence-electron chi connectivity index (χ2n) is 22.8. The van der Waals surface area contributed by atoms with Crippen LogP contribution in [0.1, 0.15) is 277 Å². The Kier molecular flexibility index (Phi) is 36.2. The molecule has 0 spiro atoms. The van der Waals surface area contributed by atoms with Gasteiger partial charge in [0.25, 0.3) is 0 Å². The predicted octanol–water partition coefficient (Wildman–Crippen LogP) is 17.4. The Morgan fingerprint density at radius 3 is 1.26 bits per heavy atom. The van der Waals surface area contributed by atoms with E-state index in [1.807, 2.05) is 13.0 Å². The van der Waals surface area contributed by atoms with Gasteiger partial charge in [-0.15, -0.1) is 0 Å². The van der Waals surface area contributed by atoms with E-state index >= 15 is 0 Å². The first-order valence-corrected chi connectivity index (χ1v) is 31.7. The van der Waals surface area contributed by atoms with Crippen LogP contribution in [0.3, 0.4) is 0 Å². The van der Waals surface area contributed by atoms with Gasteiger partial charge in [0.2, 0.25) is 0 Å². The van der Waals surface area contributed by atoms with Gasteiger partial charge in [0, 0.05) is 37.9 Å². The van der Waals surface area contributed by atoms with Gasteiger partial charge in [-0.2, -0.15) is 0 Å². The quantitative estimate of drug-likeness (QED) is 0.0207. The molecule has 0 fully saturated rings. The maximum Gasteiger partial charge on any atom is 0.311 e. The smallest absolute Gasteiger partial charge is 0.311 e. The molecule has 1 aromatic rings. The summed E-state index contributed by atoms with van der Waals surface area (Å²) in [7, 11) is -1.91. The van der Waals surface area contributed by atoms with Gasteiger partial charge in [0.15, 0.2) is 14.4 Å². The van der Waals surface area contributed by atoms with Crippen LogP contribution in [0.2, 0.25) is 18.1 Å². The van der Waals surface area contributed by atoms with Gasteiger partial charge >= 0.3 is 23.9 Å². The van der Waals surface area contributed by atoms with Gasteiger partial charge in [-0.1, -0.05) is 209 Å². The number of esters is 4. The number of aryl methyl sites for hydroxylation is 2. The number of rotatable bonds is 44. The fourth-order valence-electron chi connectivity index (χ4n) is 8.94. The van der Waals surface area contributed by atoms with Crippen molar-refractivity contribution < 1.29 is 42.6 Å². The van der Waals surface area contributed by atoms with Crippen LogP contribution in [-0.2, 0) is 43.2 Å². The molecular weight excluding hydrogens is 893 g/mol. The third kappa shape index (κ3) is 32.4. The third-order valence-corrected chi connectivity index (χ3v) is 19.0. The summed E-state index contributed by atoms with van der Waals surface area (Å²) in [4.78, 5) is 51.8. The van der Waals surface area contributed by atoms with Crippen molar-refractivity contribution in [2.75, 3.05) is 19.8 Å². The Morgan fingerprint density at radius 2 is 0.857 bits per heavy atom. The van der Waals surface area contributed by atoms with E-state index in [0.717, 1.165) is 61.6 Å². The summed E-state index contributed by atoms with van der Waals surface area (Å²) in [5.74, 6) is -0.936. The van der Waals surface area contributed by atoms with Crippen molar-refractivity contribution in [3.05, 3.63) is 28.8 Å². The predicted molar refractivity (Wildman–Crippen MR) is 293 cm³/mol. The average molecular weight is 1000 g/mol. The number of ether oxygens (including phenoxy) is 4. The van der Waals surface area contributed by atoms with Crippen molar-refractivity contribution in [2.24, 2.45) is 0 Å². The van der Waals surface area contributed by atoms with Gasteiger partial charge < -0.3 is 23.4 Å². The van der Waals surface area contributed by atoms with E-state index in [4.69, 9.17) is 23.4 Å². The SMILES string of the molecule is CCCCCCCCCCCCCCCC(=O)OCC(COC(=O)CCCCCCCCCCCCCCC)OC(=O)CCCCC(=O)Oc1cc(C)cc(C)c1C(C)(C)CCO[Si](C)(C)C(C)(C)C. The third-order valence-electron chi connectivity index (χ3n) is 14.5. The first-order valence-electron chi connectivity index (χ1n) is 28.8. The van der Waals surface area contributed by atoms with Crippen molar-refractivity contribution in [2.45, 2.75) is 304 Å². The summed E-state index contributed by atoms with van der Waals surface area (Å²) in [6.07, 6.45) is 33.4. The van der Waals surface area contributed by atoms with Gasteiger partial charge in [0.1, 0.15) is 19.0 Å². The molecule has 0 radical (unpaired) electrons. The maximum atomic E-state index is 13.3. The lowest BCUT2D eigenvalue weighted by Crippen LogP contribution is -2.41. The Labute approximate surface area is 431 Å². The first kappa shape index (κ1) is 65.3. The number of hydrogen-bond acceptors (Lipinski definition) is 9. The standard InChI is InChI=1S/C60H108O9Si/c1-12-14-16-18-20-22-24-26-28-30-32-34-36-40-54(61)65-48-52(49-66-55(62)41-37-35-33-31-29-27-25-23-21-19-17-15-13-2)68-56(63)42-38-39-43-57(64)69-53-47-50(3)46-51(4)58(53)60(8,9)44-45-67-70(10,11)59(5,6)7/h46-47,52H,12-45,48-49H2,1-11H3. The Bertz CT molecular complexity index is 1500. The van der Waals surface area contributed by atoms with Crippen LogP contribution in [0.25, 0.3) is 0 Å². The molecule has 0 saturated heterocycles. The summed E-state index contributed by atoms with van der Waals surface area (Å²) >= 11 is 0. The van der Waals surface area contributed by atoms with Crippen LogP contribution in [0.5, 0.6) is 5.75 Å². The molecular formula is C60H108O9Si. The molecule has 9 nitrogen and oxygen atoms in total. The highest BCUT2D eigenvalue weighted by Crippen LogP contribution is 2.40. The molecule has 0 aliphatic heterocycles. The van der Waals surface area contributed by atoms with Gasteiger partial charge in [0.05, 0.1) is 0 Å². The zero-order valence-corrected chi connectivity index (χ0v) is 48.4. The molecule has 0 amide bonds. The van der Waals surface area contributed by atoms with Crippen molar-refractivity contribution in [1.82, 2.24) is 0 Å². The molecule has 0 saturated carbocycles. The second kappa shape index (κ2) is 38.8. The van der Waals surface area contributed by atoms with Crippen LogP contribution in [0.4, 0.5) is 0 Å². The Balaban J connectivity index is 2.64. The number of unbranched alkanes of at least 4 members (excludes halogenated alkanes) is 25. The Morgan fingerprint density at radius 1 is 0.500 bits per heavy atom. The van der Waals surface area contributed by atoms with Crippen molar-refractivity contribution >= 4 is 32.2 Å². The minimum atomic E-state index is -1.91. The van der Waals surface area contributed by atoms with Crippen LogP contribution < -0.4 is 4.74 Å². The molecule has 0 aliphatic carbocycles. The average Bonchev–Trinajstić information content (AvgIpc) is 3.28.